The molecule has 2 amide bonds. The standard InChI is InChI=1S/C21H18ClN3O2S/c1-13-6-8-16(9-7-13)25-20(27)18(11-14-4-3-5-15(22)10-14)28-21(25)17(12-23)19(26)24-2/h3-10,18H,11H2,1-2H3,(H,24,26). The molecule has 0 bridgehead atoms. The van der Waals surface area contributed by atoms with Crippen molar-refractivity contribution in [2.24, 2.45) is 0 Å². The second-order valence-electron chi connectivity index (χ2n) is 6.32. The molecule has 0 spiro atoms. The smallest absolute Gasteiger partial charge is 0.264 e. The van der Waals surface area contributed by atoms with Gasteiger partial charge in [-0.2, -0.15) is 5.26 Å². The second-order valence-corrected chi connectivity index (χ2v) is 7.95. The average molecular weight is 412 g/mol. The maximum atomic E-state index is 13.2. The third kappa shape index (κ3) is 4.06. The molecule has 3 rings (SSSR count). The van der Waals surface area contributed by atoms with Gasteiger partial charge >= 0.3 is 0 Å². The minimum atomic E-state index is -0.515. The van der Waals surface area contributed by atoms with E-state index in [9.17, 15) is 14.9 Å². The van der Waals surface area contributed by atoms with Gasteiger partial charge in [-0.3, -0.25) is 14.5 Å². The number of benzene rings is 2. The van der Waals surface area contributed by atoms with Crippen LogP contribution in [0.3, 0.4) is 0 Å². The van der Waals surface area contributed by atoms with Gasteiger partial charge in [-0.1, -0.05) is 53.2 Å². The number of aryl methyl sites for hydroxylation is 1. The number of hydrogen-bond donors (Lipinski definition) is 1. The SMILES string of the molecule is CNC(=O)C(C#N)=C1SC(Cc2cccc(Cl)c2)C(=O)N1c1ccc(C)cc1. The molecule has 28 heavy (non-hydrogen) atoms. The van der Waals surface area contributed by atoms with Crippen molar-refractivity contribution in [2.45, 2.75) is 18.6 Å². The van der Waals surface area contributed by atoms with Gasteiger partial charge in [0, 0.05) is 17.8 Å². The molecule has 7 heteroatoms. The Balaban J connectivity index is 2.04. The monoisotopic (exact) mass is 411 g/mol. The summed E-state index contributed by atoms with van der Waals surface area (Å²) in [4.78, 5) is 26.9. The maximum absolute atomic E-state index is 13.2. The number of carbonyl (C=O) groups excluding carboxylic acids is 2. The van der Waals surface area contributed by atoms with Crippen molar-refractivity contribution in [3.8, 4) is 6.07 Å². The molecule has 1 heterocycles. The lowest BCUT2D eigenvalue weighted by Gasteiger charge is -2.18. The molecule has 1 saturated heterocycles. The highest BCUT2D eigenvalue weighted by Gasteiger charge is 2.40. The van der Waals surface area contributed by atoms with Gasteiger partial charge in [0.05, 0.1) is 5.25 Å². The van der Waals surface area contributed by atoms with Gasteiger partial charge in [0.15, 0.2) is 0 Å². The highest BCUT2D eigenvalue weighted by molar-refractivity contribution is 8.05. The molecule has 142 valence electrons. The van der Waals surface area contributed by atoms with Crippen LogP contribution in [0.2, 0.25) is 5.02 Å². The zero-order valence-electron chi connectivity index (χ0n) is 15.4. The molecule has 0 aliphatic carbocycles. The number of halogens is 1. The Labute approximate surface area is 173 Å². The Morgan fingerprint density at radius 2 is 2.00 bits per heavy atom. The number of nitrogens with zero attached hydrogens (tertiary/aromatic N) is 2. The molecule has 1 atom stereocenters. The molecule has 0 saturated carbocycles. The molecular weight excluding hydrogens is 394 g/mol. The molecular formula is C21H18ClN3O2S. The summed E-state index contributed by atoms with van der Waals surface area (Å²) in [6.07, 6.45) is 0.447. The summed E-state index contributed by atoms with van der Waals surface area (Å²) >= 11 is 7.29. The van der Waals surface area contributed by atoms with E-state index in [1.165, 1.54) is 23.7 Å². The predicted molar refractivity (Wildman–Crippen MR) is 112 cm³/mol. The Kier molecular flexibility index (Phi) is 6.08. The van der Waals surface area contributed by atoms with E-state index in [1.807, 2.05) is 55.5 Å². The highest BCUT2D eigenvalue weighted by Crippen LogP contribution is 2.42. The molecule has 2 aromatic rings. The van der Waals surface area contributed by atoms with E-state index in [2.05, 4.69) is 5.32 Å². The van der Waals surface area contributed by atoms with E-state index in [4.69, 9.17) is 11.6 Å². The van der Waals surface area contributed by atoms with Crippen molar-refractivity contribution in [1.29, 1.82) is 5.26 Å². The zero-order valence-corrected chi connectivity index (χ0v) is 17.0. The number of rotatable bonds is 4. The number of hydrogen-bond acceptors (Lipinski definition) is 4. The van der Waals surface area contributed by atoms with Crippen molar-refractivity contribution < 1.29 is 9.59 Å². The first-order chi connectivity index (χ1) is 13.4. The summed E-state index contributed by atoms with van der Waals surface area (Å²) in [6, 6.07) is 16.7. The van der Waals surface area contributed by atoms with Crippen LogP contribution in [0.5, 0.6) is 0 Å². The minimum Gasteiger partial charge on any atom is -0.354 e. The molecule has 0 aromatic heterocycles. The van der Waals surface area contributed by atoms with Crippen LogP contribution in [0.15, 0.2) is 59.1 Å². The van der Waals surface area contributed by atoms with Gasteiger partial charge in [0.25, 0.3) is 5.91 Å². The molecule has 0 radical (unpaired) electrons. The van der Waals surface area contributed by atoms with Crippen molar-refractivity contribution in [3.05, 3.63) is 75.3 Å². The average Bonchev–Trinajstić information content (AvgIpc) is 2.99. The third-order valence-electron chi connectivity index (χ3n) is 4.33. The quantitative estimate of drug-likeness (QED) is 0.613. The van der Waals surface area contributed by atoms with Crippen molar-refractivity contribution in [1.82, 2.24) is 5.32 Å². The number of carbonyl (C=O) groups is 2. The van der Waals surface area contributed by atoms with Crippen LogP contribution in [0.25, 0.3) is 0 Å². The fraction of sp³-hybridized carbons (Fsp3) is 0.190. The summed E-state index contributed by atoms with van der Waals surface area (Å²) in [5.41, 5.74) is 2.52. The second kappa shape index (κ2) is 8.51. The first kappa shape index (κ1) is 20.0. The van der Waals surface area contributed by atoms with E-state index in [0.29, 0.717) is 22.2 Å². The van der Waals surface area contributed by atoms with E-state index in [-0.39, 0.29) is 11.5 Å². The summed E-state index contributed by atoms with van der Waals surface area (Å²) in [5.74, 6) is -0.682. The molecule has 1 fully saturated rings. The first-order valence-electron chi connectivity index (χ1n) is 8.62. The zero-order chi connectivity index (χ0) is 20.3. The maximum Gasteiger partial charge on any atom is 0.264 e. The molecule has 1 aliphatic rings. The van der Waals surface area contributed by atoms with E-state index in [1.54, 1.807) is 6.07 Å². The van der Waals surface area contributed by atoms with Gasteiger partial charge in [-0.25, -0.2) is 0 Å². The van der Waals surface area contributed by atoms with Gasteiger partial charge in [0.1, 0.15) is 16.7 Å². The molecule has 1 N–H and O–H groups in total. The number of thioether (sulfide) groups is 1. The molecule has 1 unspecified atom stereocenters. The molecule has 1 aliphatic heterocycles. The lowest BCUT2D eigenvalue weighted by Crippen LogP contribution is -2.31. The van der Waals surface area contributed by atoms with Gasteiger partial charge in [-0.15, -0.1) is 0 Å². The predicted octanol–water partition coefficient (Wildman–Crippen LogP) is 3.82. The Hall–Kier alpha value is -2.75. The first-order valence-corrected chi connectivity index (χ1v) is 9.88. The molecule has 2 aromatic carbocycles. The largest absolute Gasteiger partial charge is 0.354 e. The van der Waals surface area contributed by atoms with Crippen molar-refractivity contribution in [3.63, 3.8) is 0 Å². The Morgan fingerprint density at radius 1 is 1.29 bits per heavy atom. The summed E-state index contributed by atoms with van der Waals surface area (Å²) in [7, 11) is 1.46. The fourth-order valence-electron chi connectivity index (χ4n) is 2.92. The van der Waals surface area contributed by atoms with Crippen LogP contribution >= 0.6 is 23.4 Å². The van der Waals surface area contributed by atoms with E-state index < -0.39 is 11.2 Å². The normalized spacial score (nSPS) is 18.0. The van der Waals surface area contributed by atoms with Crippen LogP contribution in [-0.4, -0.2) is 24.1 Å². The van der Waals surface area contributed by atoms with Crippen LogP contribution in [0, 0.1) is 18.3 Å². The summed E-state index contributed by atoms with van der Waals surface area (Å²) < 4.78 is 0. The lowest BCUT2D eigenvalue weighted by atomic mass is 10.1. The summed E-state index contributed by atoms with van der Waals surface area (Å²) in [6.45, 7) is 1.95. The van der Waals surface area contributed by atoms with Gasteiger partial charge in [0.2, 0.25) is 5.91 Å². The van der Waals surface area contributed by atoms with Crippen molar-refractivity contribution >= 4 is 40.9 Å². The van der Waals surface area contributed by atoms with Crippen LogP contribution in [-0.2, 0) is 16.0 Å². The van der Waals surface area contributed by atoms with Crippen LogP contribution in [0.4, 0.5) is 5.69 Å². The van der Waals surface area contributed by atoms with Gasteiger partial charge in [-0.05, 0) is 43.2 Å². The third-order valence-corrected chi connectivity index (χ3v) is 5.83. The van der Waals surface area contributed by atoms with Crippen LogP contribution in [0.1, 0.15) is 11.1 Å². The number of likely N-dealkylation sites (N-methyl/N-ethyl adjacent to an activating group) is 1. The molecule has 5 nitrogen and oxygen atoms in total. The highest BCUT2D eigenvalue weighted by atomic mass is 35.5. The Bertz CT molecular complexity index is 995. The number of amides is 2. The van der Waals surface area contributed by atoms with E-state index >= 15 is 0 Å². The summed E-state index contributed by atoms with van der Waals surface area (Å²) in [5, 5.41) is 12.5. The minimum absolute atomic E-state index is 0.0741. The van der Waals surface area contributed by atoms with Crippen molar-refractivity contribution in [2.75, 3.05) is 11.9 Å². The number of nitrogens with one attached hydrogen (secondary N) is 1. The fourth-order valence-corrected chi connectivity index (χ4v) is 4.44. The number of anilines is 1. The lowest BCUT2D eigenvalue weighted by molar-refractivity contribution is -0.117. The van der Waals surface area contributed by atoms with Gasteiger partial charge < -0.3 is 5.32 Å². The topological polar surface area (TPSA) is 73.2 Å². The Morgan fingerprint density at radius 3 is 2.61 bits per heavy atom. The van der Waals surface area contributed by atoms with E-state index in [0.717, 1.165) is 11.1 Å². The van der Waals surface area contributed by atoms with Crippen LogP contribution < -0.4 is 10.2 Å². The number of nitriles is 1.